The van der Waals surface area contributed by atoms with Gasteiger partial charge in [0.1, 0.15) is 0 Å². The van der Waals surface area contributed by atoms with Crippen LogP contribution in [0.2, 0.25) is 0 Å². The van der Waals surface area contributed by atoms with Gasteiger partial charge in [-0.1, -0.05) is 6.07 Å². The van der Waals surface area contributed by atoms with Crippen LogP contribution in [0.25, 0.3) is 0 Å². The summed E-state index contributed by atoms with van der Waals surface area (Å²) >= 11 is 0. The van der Waals surface area contributed by atoms with Crippen LogP contribution in [0.15, 0.2) is 24.3 Å². The maximum Gasteiger partial charge on any atom is 0.341 e. The van der Waals surface area contributed by atoms with Crippen LogP contribution in [-0.4, -0.2) is 29.8 Å². The monoisotopic (exact) mass is 372 g/mol. The molecule has 6 heteroatoms. The van der Waals surface area contributed by atoms with Crippen molar-refractivity contribution in [2.75, 3.05) is 0 Å². The van der Waals surface area contributed by atoms with Gasteiger partial charge in [-0.3, -0.25) is 0 Å². The van der Waals surface area contributed by atoms with Crippen LogP contribution in [-0.2, 0) is 9.47 Å². The molecule has 0 radical (unpaired) electrons. The molecule has 0 amide bonds. The Morgan fingerprint density at radius 2 is 1.15 bits per heavy atom. The quantitative estimate of drug-likeness (QED) is 0.774. The molecule has 2 fully saturated rings. The number of hydrogen-bond acceptors (Lipinski definition) is 6. The number of ether oxygens (including phenoxy) is 2. The topological polar surface area (TPSA) is 105 Å². The summed E-state index contributed by atoms with van der Waals surface area (Å²) in [5.41, 5.74) is 13.0. The number of rotatable bonds is 2. The number of carbonyl (C=O) groups is 2. The summed E-state index contributed by atoms with van der Waals surface area (Å²) in [6.45, 7) is 0. The molecule has 0 atom stereocenters. The highest BCUT2D eigenvalue weighted by molar-refractivity contribution is 5.96. The third-order valence-corrected chi connectivity index (χ3v) is 6.52. The summed E-state index contributed by atoms with van der Waals surface area (Å²) in [5, 5.41) is 0. The number of cyclic esters (lactones) is 2. The molecular weight excluding hydrogens is 344 g/mol. The summed E-state index contributed by atoms with van der Waals surface area (Å²) in [7, 11) is 0. The molecule has 1 aliphatic heterocycles. The van der Waals surface area contributed by atoms with Gasteiger partial charge in [0.25, 0.3) is 5.79 Å². The molecule has 4 rings (SSSR count). The molecule has 2 saturated carbocycles. The maximum atomic E-state index is 12.9. The Balaban J connectivity index is 1.72. The van der Waals surface area contributed by atoms with Gasteiger partial charge in [0, 0.05) is 23.9 Å². The molecule has 6 nitrogen and oxygen atoms in total. The van der Waals surface area contributed by atoms with Crippen molar-refractivity contribution in [2.45, 2.75) is 69.2 Å². The average molecular weight is 372 g/mol. The fourth-order valence-corrected chi connectivity index (χ4v) is 4.91. The van der Waals surface area contributed by atoms with Crippen molar-refractivity contribution < 1.29 is 19.1 Å². The van der Waals surface area contributed by atoms with E-state index in [-0.39, 0.29) is 23.9 Å². The van der Waals surface area contributed by atoms with E-state index in [0.717, 1.165) is 51.4 Å². The van der Waals surface area contributed by atoms with Crippen LogP contribution in [0.3, 0.4) is 0 Å². The number of esters is 2. The molecule has 4 N–H and O–H groups in total. The molecule has 0 saturated heterocycles. The van der Waals surface area contributed by atoms with E-state index < -0.39 is 17.7 Å². The lowest BCUT2D eigenvalue weighted by Gasteiger charge is -2.48. The first kappa shape index (κ1) is 18.4. The smallest absolute Gasteiger partial charge is 0.341 e. The molecule has 27 heavy (non-hydrogen) atoms. The summed E-state index contributed by atoms with van der Waals surface area (Å²) in [5.74, 6) is -2.14. The van der Waals surface area contributed by atoms with Gasteiger partial charge < -0.3 is 20.9 Å². The minimum atomic E-state index is -1.22. The van der Waals surface area contributed by atoms with Crippen molar-refractivity contribution >= 4 is 11.9 Å². The minimum absolute atomic E-state index is 0.0338. The third-order valence-electron chi connectivity index (χ3n) is 6.52. The van der Waals surface area contributed by atoms with Crippen LogP contribution in [0, 0.1) is 11.8 Å². The van der Waals surface area contributed by atoms with E-state index in [1.165, 1.54) is 0 Å². The molecule has 0 unspecified atom stereocenters. The van der Waals surface area contributed by atoms with Crippen molar-refractivity contribution in [1.29, 1.82) is 0 Å². The second kappa shape index (κ2) is 7.24. The lowest BCUT2D eigenvalue weighted by molar-refractivity contribution is -0.246. The zero-order chi connectivity index (χ0) is 19.0. The van der Waals surface area contributed by atoms with Crippen molar-refractivity contribution in [3.63, 3.8) is 0 Å². The van der Waals surface area contributed by atoms with E-state index in [1.54, 1.807) is 24.3 Å². The molecule has 3 aliphatic rings. The Labute approximate surface area is 159 Å². The van der Waals surface area contributed by atoms with E-state index in [2.05, 4.69) is 0 Å². The standard InChI is InChI=1S/C21H28N2O4/c22-17-8-4-15(5-9-17)21(16-6-10-18(23)11-7-16)26-19(24)13-2-1-3-14(12-13)20(25)27-21/h1-3,12,15-18H,4-11,22-23H2. The fraction of sp³-hybridized carbons (Fsp3) is 0.619. The van der Waals surface area contributed by atoms with Crippen LogP contribution < -0.4 is 11.5 Å². The zero-order valence-electron chi connectivity index (χ0n) is 15.6. The third kappa shape index (κ3) is 3.48. The molecule has 0 spiro atoms. The molecule has 0 aromatic heterocycles. The SMILES string of the molecule is NC1CCC(C2(C3CCC(N)CC3)OC(=O)c3cccc(c3)C(=O)O2)CC1. The van der Waals surface area contributed by atoms with Crippen LogP contribution in [0.4, 0.5) is 0 Å². The van der Waals surface area contributed by atoms with Gasteiger partial charge in [-0.15, -0.1) is 0 Å². The van der Waals surface area contributed by atoms with Gasteiger partial charge in [-0.2, -0.15) is 0 Å². The molecule has 1 heterocycles. The second-order valence-electron chi connectivity index (χ2n) is 8.30. The van der Waals surface area contributed by atoms with Gasteiger partial charge >= 0.3 is 11.9 Å². The molecule has 1 aromatic rings. The van der Waals surface area contributed by atoms with Crippen molar-refractivity contribution in [1.82, 2.24) is 0 Å². The molecule has 146 valence electrons. The van der Waals surface area contributed by atoms with Gasteiger partial charge in [0.05, 0.1) is 11.1 Å². The lowest BCUT2D eigenvalue weighted by Crippen LogP contribution is -2.55. The fourth-order valence-electron chi connectivity index (χ4n) is 4.91. The first-order valence-electron chi connectivity index (χ1n) is 10.1. The van der Waals surface area contributed by atoms with E-state index in [1.807, 2.05) is 0 Å². The number of hydrogen-bond donors (Lipinski definition) is 2. The Bertz CT molecular complexity index is 661. The van der Waals surface area contributed by atoms with Crippen molar-refractivity contribution in [3.8, 4) is 0 Å². The zero-order valence-corrected chi connectivity index (χ0v) is 15.6. The van der Waals surface area contributed by atoms with E-state index in [9.17, 15) is 9.59 Å². The Morgan fingerprint density at radius 1 is 0.741 bits per heavy atom. The molecule has 1 aromatic carbocycles. The summed E-state index contributed by atoms with van der Waals surface area (Å²) in [6.07, 6.45) is 6.54. The van der Waals surface area contributed by atoms with Crippen molar-refractivity contribution in [3.05, 3.63) is 35.4 Å². The summed E-state index contributed by atoms with van der Waals surface area (Å²) < 4.78 is 12.1. The number of benzene rings is 1. The second-order valence-corrected chi connectivity index (χ2v) is 8.30. The maximum absolute atomic E-state index is 12.9. The summed E-state index contributed by atoms with van der Waals surface area (Å²) in [4.78, 5) is 25.8. The highest BCUT2D eigenvalue weighted by Gasteiger charge is 2.54. The minimum Gasteiger partial charge on any atom is -0.418 e. The Kier molecular flexibility index (Phi) is 4.95. The summed E-state index contributed by atoms with van der Waals surface area (Å²) in [6, 6.07) is 6.91. The average Bonchev–Trinajstić information content (AvgIpc) is 2.68. The van der Waals surface area contributed by atoms with Crippen molar-refractivity contribution in [2.24, 2.45) is 23.3 Å². The van der Waals surface area contributed by atoms with Gasteiger partial charge in [-0.25, -0.2) is 9.59 Å². The molecule has 2 aliphatic carbocycles. The highest BCUT2D eigenvalue weighted by atomic mass is 16.7. The molecule has 2 bridgehead atoms. The Morgan fingerprint density at radius 3 is 1.56 bits per heavy atom. The predicted molar refractivity (Wildman–Crippen MR) is 99.9 cm³/mol. The van der Waals surface area contributed by atoms with Crippen LogP contribution in [0.1, 0.15) is 72.1 Å². The van der Waals surface area contributed by atoms with Gasteiger partial charge in [-0.05, 0) is 69.6 Å². The normalized spacial score (nSPS) is 33.4. The van der Waals surface area contributed by atoms with E-state index in [0.29, 0.717) is 11.1 Å². The first-order chi connectivity index (χ1) is 13.0. The predicted octanol–water partition coefficient (Wildman–Crippen LogP) is 2.75. The molecular formula is C21H28N2O4. The van der Waals surface area contributed by atoms with Crippen LogP contribution >= 0.6 is 0 Å². The van der Waals surface area contributed by atoms with E-state index in [4.69, 9.17) is 20.9 Å². The Hall–Kier alpha value is -1.92. The first-order valence-corrected chi connectivity index (χ1v) is 10.1. The number of carbonyl (C=O) groups excluding carboxylic acids is 2. The largest absolute Gasteiger partial charge is 0.418 e. The lowest BCUT2D eigenvalue weighted by atomic mass is 9.71. The van der Waals surface area contributed by atoms with Crippen LogP contribution in [0.5, 0.6) is 0 Å². The number of fused-ring (bicyclic) bond motifs is 2. The van der Waals surface area contributed by atoms with Gasteiger partial charge in [0.2, 0.25) is 0 Å². The van der Waals surface area contributed by atoms with E-state index >= 15 is 0 Å². The van der Waals surface area contributed by atoms with Gasteiger partial charge in [0.15, 0.2) is 0 Å². The highest BCUT2D eigenvalue weighted by Crippen LogP contribution is 2.47. The number of nitrogens with two attached hydrogens (primary N) is 2.